The summed E-state index contributed by atoms with van der Waals surface area (Å²) in [4.78, 5) is 2.53. The normalized spacial score (nSPS) is 16.7. The van der Waals surface area contributed by atoms with Gasteiger partial charge in [0.25, 0.3) is 0 Å². The molecule has 1 aliphatic heterocycles. The highest BCUT2D eigenvalue weighted by Crippen LogP contribution is 2.11. The summed E-state index contributed by atoms with van der Waals surface area (Å²) in [6, 6.07) is 8.34. The van der Waals surface area contributed by atoms with Crippen LogP contribution in [-0.4, -0.2) is 35.7 Å². The van der Waals surface area contributed by atoms with E-state index in [9.17, 15) is 0 Å². The maximum Gasteiger partial charge on any atom is 0.166 e. The quantitative estimate of drug-likeness (QED) is 0.813. The molecule has 3 nitrogen and oxygen atoms in total. The Kier molecular flexibility index (Phi) is 6.74. The predicted octanol–water partition coefficient (Wildman–Crippen LogP) is 3.18. The maximum atomic E-state index is 5.87. The summed E-state index contributed by atoms with van der Waals surface area (Å²) in [6.07, 6.45) is 3.57. The molecule has 0 aromatic heterocycles. The topological polar surface area (TPSA) is 27.3 Å². The van der Waals surface area contributed by atoms with Crippen molar-refractivity contribution >= 4 is 28.9 Å². The zero-order chi connectivity index (χ0) is 15.1. The van der Waals surface area contributed by atoms with Crippen molar-refractivity contribution in [1.82, 2.24) is 15.5 Å². The zero-order valence-corrected chi connectivity index (χ0v) is 14.1. The third-order valence-corrected chi connectivity index (χ3v) is 4.34. The third kappa shape index (κ3) is 5.81. The number of piperidine rings is 1. The average molecular weight is 326 g/mol. The van der Waals surface area contributed by atoms with Crippen LogP contribution < -0.4 is 10.6 Å². The van der Waals surface area contributed by atoms with E-state index in [4.69, 9.17) is 23.8 Å². The molecule has 2 N–H and O–H groups in total. The molecule has 0 saturated carbocycles. The minimum absolute atomic E-state index is 0.503. The van der Waals surface area contributed by atoms with E-state index in [1.165, 1.54) is 44.5 Å². The first-order valence-corrected chi connectivity index (χ1v) is 8.47. The molecule has 0 spiro atoms. The summed E-state index contributed by atoms with van der Waals surface area (Å²) >= 11 is 11.3. The fraction of sp³-hybridized carbons (Fsp3) is 0.562. The Morgan fingerprint density at radius 2 is 1.95 bits per heavy atom. The van der Waals surface area contributed by atoms with Crippen LogP contribution in [0.3, 0.4) is 0 Å². The molecule has 0 aliphatic carbocycles. The van der Waals surface area contributed by atoms with Crippen molar-refractivity contribution in [3.8, 4) is 0 Å². The van der Waals surface area contributed by atoms with Crippen LogP contribution in [0.4, 0.5) is 0 Å². The van der Waals surface area contributed by atoms with E-state index in [2.05, 4.69) is 22.5 Å². The lowest BCUT2D eigenvalue weighted by Gasteiger charge is -2.32. The van der Waals surface area contributed by atoms with E-state index in [-0.39, 0.29) is 0 Å². The molecule has 0 radical (unpaired) electrons. The van der Waals surface area contributed by atoms with E-state index in [0.717, 1.165) is 16.7 Å². The maximum absolute atomic E-state index is 5.87. The summed E-state index contributed by atoms with van der Waals surface area (Å²) in [5.74, 6) is 0. The molecular weight excluding hydrogens is 302 g/mol. The van der Waals surface area contributed by atoms with Crippen molar-refractivity contribution < 1.29 is 0 Å². The van der Waals surface area contributed by atoms with E-state index in [0.29, 0.717) is 6.04 Å². The second-order valence-electron chi connectivity index (χ2n) is 5.57. The Labute approximate surface area is 138 Å². The lowest BCUT2D eigenvalue weighted by Crippen LogP contribution is -2.47. The standard InChI is InChI=1S/C16H24ClN3S/c1-2-9-20-10-7-15(8-11-20)19-16(21)18-12-13-3-5-14(17)6-4-13/h3-6,15H,2,7-12H2,1H3,(H2,18,19,21). The number of thiocarbonyl (C=S) groups is 1. The van der Waals surface area contributed by atoms with Gasteiger partial charge in [0, 0.05) is 30.7 Å². The number of rotatable bonds is 5. The predicted molar refractivity (Wildman–Crippen MR) is 93.8 cm³/mol. The molecule has 2 rings (SSSR count). The minimum Gasteiger partial charge on any atom is -0.360 e. The molecule has 0 bridgehead atoms. The molecule has 5 heteroatoms. The largest absolute Gasteiger partial charge is 0.360 e. The van der Waals surface area contributed by atoms with Gasteiger partial charge in [-0.1, -0.05) is 30.7 Å². The SMILES string of the molecule is CCCN1CCC(NC(=S)NCc2ccc(Cl)cc2)CC1. The number of halogens is 1. The number of nitrogens with zero attached hydrogens (tertiary/aromatic N) is 1. The number of hydrogen-bond acceptors (Lipinski definition) is 2. The first-order valence-electron chi connectivity index (χ1n) is 7.68. The lowest BCUT2D eigenvalue weighted by atomic mass is 10.1. The summed E-state index contributed by atoms with van der Waals surface area (Å²) in [5, 5.41) is 8.21. The van der Waals surface area contributed by atoms with Gasteiger partial charge in [0.05, 0.1) is 0 Å². The first-order chi connectivity index (χ1) is 10.2. The van der Waals surface area contributed by atoms with Crippen molar-refractivity contribution in [3.63, 3.8) is 0 Å². The second kappa shape index (κ2) is 8.57. The van der Waals surface area contributed by atoms with Crippen molar-refractivity contribution in [2.75, 3.05) is 19.6 Å². The molecule has 116 valence electrons. The van der Waals surface area contributed by atoms with Gasteiger partial charge in [-0.3, -0.25) is 0 Å². The Balaban J connectivity index is 1.67. The minimum atomic E-state index is 0.503. The Bertz CT molecular complexity index is 441. The molecule has 21 heavy (non-hydrogen) atoms. The Morgan fingerprint density at radius 3 is 2.57 bits per heavy atom. The van der Waals surface area contributed by atoms with Gasteiger partial charge in [-0.15, -0.1) is 0 Å². The van der Waals surface area contributed by atoms with Crippen LogP contribution in [0.5, 0.6) is 0 Å². The molecule has 0 amide bonds. The van der Waals surface area contributed by atoms with E-state index < -0.39 is 0 Å². The smallest absolute Gasteiger partial charge is 0.166 e. The van der Waals surface area contributed by atoms with Crippen molar-refractivity contribution in [2.24, 2.45) is 0 Å². The molecule has 1 aromatic carbocycles. The van der Waals surface area contributed by atoms with Gasteiger partial charge < -0.3 is 15.5 Å². The molecule has 1 heterocycles. The van der Waals surface area contributed by atoms with Gasteiger partial charge in [0.15, 0.2) is 5.11 Å². The highest BCUT2D eigenvalue weighted by molar-refractivity contribution is 7.80. The molecule has 1 aliphatic rings. The summed E-state index contributed by atoms with van der Waals surface area (Å²) in [5.41, 5.74) is 1.18. The molecule has 1 aromatic rings. The molecule has 0 atom stereocenters. The van der Waals surface area contributed by atoms with Gasteiger partial charge in [0.2, 0.25) is 0 Å². The summed E-state index contributed by atoms with van der Waals surface area (Å²) in [6.45, 7) is 6.53. The van der Waals surface area contributed by atoms with Crippen LogP contribution in [0.2, 0.25) is 5.02 Å². The average Bonchev–Trinajstić information content (AvgIpc) is 2.49. The Hall–Kier alpha value is -0.840. The van der Waals surface area contributed by atoms with Gasteiger partial charge in [-0.2, -0.15) is 0 Å². The number of likely N-dealkylation sites (tertiary alicyclic amines) is 1. The molecule has 1 saturated heterocycles. The number of benzene rings is 1. The van der Waals surface area contributed by atoms with Crippen LogP contribution in [0, 0.1) is 0 Å². The van der Waals surface area contributed by atoms with Crippen LogP contribution in [-0.2, 0) is 6.54 Å². The highest BCUT2D eigenvalue weighted by Gasteiger charge is 2.18. The van der Waals surface area contributed by atoms with Crippen LogP contribution in [0.25, 0.3) is 0 Å². The van der Waals surface area contributed by atoms with Crippen LogP contribution in [0.15, 0.2) is 24.3 Å². The summed E-state index contributed by atoms with van der Waals surface area (Å²) < 4.78 is 0. The Morgan fingerprint density at radius 1 is 1.29 bits per heavy atom. The lowest BCUT2D eigenvalue weighted by molar-refractivity contribution is 0.206. The monoisotopic (exact) mass is 325 g/mol. The van der Waals surface area contributed by atoms with Crippen LogP contribution >= 0.6 is 23.8 Å². The first kappa shape index (κ1) is 16.5. The van der Waals surface area contributed by atoms with Gasteiger partial charge in [-0.25, -0.2) is 0 Å². The van der Waals surface area contributed by atoms with E-state index in [1.54, 1.807) is 0 Å². The van der Waals surface area contributed by atoms with Gasteiger partial charge >= 0.3 is 0 Å². The second-order valence-corrected chi connectivity index (χ2v) is 6.41. The molecule has 0 unspecified atom stereocenters. The number of hydrogen-bond donors (Lipinski definition) is 2. The molecular formula is C16H24ClN3S. The van der Waals surface area contributed by atoms with Gasteiger partial charge in [-0.05, 0) is 55.7 Å². The fourth-order valence-corrected chi connectivity index (χ4v) is 3.00. The van der Waals surface area contributed by atoms with Crippen LogP contribution in [0.1, 0.15) is 31.7 Å². The number of nitrogens with one attached hydrogen (secondary N) is 2. The third-order valence-electron chi connectivity index (χ3n) is 3.83. The highest BCUT2D eigenvalue weighted by atomic mass is 35.5. The fourth-order valence-electron chi connectivity index (χ4n) is 2.64. The zero-order valence-electron chi connectivity index (χ0n) is 12.6. The van der Waals surface area contributed by atoms with E-state index in [1.807, 2.05) is 24.3 Å². The molecule has 1 fully saturated rings. The van der Waals surface area contributed by atoms with E-state index >= 15 is 0 Å². The van der Waals surface area contributed by atoms with Gasteiger partial charge in [0.1, 0.15) is 0 Å². The van der Waals surface area contributed by atoms with Crippen molar-refractivity contribution in [1.29, 1.82) is 0 Å². The van der Waals surface area contributed by atoms with Crippen molar-refractivity contribution in [3.05, 3.63) is 34.9 Å². The summed E-state index contributed by atoms with van der Waals surface area (Å²) in [7, 11) is 0. The van der Waals surface area contributed by atoms with Crippen molar-refractivity contribution in [2.45, 2.75) is 38.8 Å².